The third kappa shape index (κ3) is 3.01. The molecule has 0 fully saturated rings. The molecule has 32 valence electrons. The molecule has 0 aromatic heterocycles. The van der Waals surface area contributed by atoms with Crippen LogP contribution in [0, 0.1) is 5.41 Å². The highest BCUT2D eigenvalue weighted by Crippen LogP contribution is 1.54. The number of hydrogen-bond donors (Lipinski definition) is 1. The van der Waals surface area contributed by atoms with Crippen LogP contribution in [0.3, 0.4) is 0 Å². The first-order valence-corrected chi connectivity index (χ1v) is 1.40. The molecule has 0 saturated carbocycles. The van der Waals surface area contributed by atoms with Gasteiger partial charge in [-0.3, -0.25) is 0 Å². The van der Waals surface area contributed by atoms with Crippen molar-refractivity contribution in [1.82, 2.24) is 0 Å². The number of nitrogens with zero attached hydrogens (tertiary/aromatic N) is 2. The van der Waals surface area contributed by atoms with Gasteiger partial charge in [0.15, 0.2) is 0 Å². The average Bonchev–Trinajstić information content (AvgIpc) is 1.61. The van der Waals surface area contributed by atoms with Crippen molar-refractivity contribution in [2.24, 2.45) is 10.2 Å². The van der Waals surface area contributed by atoms with E-state index in [2.05, 4.69) is 16.9 Å². The lowest BCUT2D eigenvalue weighted by molar-refractivity contribution is 1.29. The van der Waals surface area contributed by atoms with E-state index in [-0.39, 0.29) is 0 Å². The molecule has 0 heterocycles. The van der Waals surface area contributed by atoms with Crippen LogP contribution in [0.5, 0.6) is 0 Å². The fourth-order valence-electron chi connectivity index (χ4n) is 0.0805. The third-order valence-electron chi connectivity index (χ3n) is 0.223. The van der Waals surface area contributed by atoms with Crippen molar-refractivity contribution in [3.05, 3.63) is 0 Å². The van der Waals surface area contributed by atoms with E-state index >= 15 is 0 Å². The molecule has 0 aromatic carbocycles. The predicted molar refractivity (Wildman–Crippen MR) is 26.8 cm³/mol. The Hall–Kier alpha value is -0.990. The topological polar surface area (TPSA) is 48.6 Å². The first-order chi connectivity index (χ1) is 2.91. The molecule has 0 aromatic rings. The van der Waals surface area contributed by atoms with Crippen LogP contribution in [0.2, 0.25) is 0 Å². The number of hydrogen-bond acceptors (Lipinski definition) is 3. The van der Waals surface area contributed by atoms with E-state index in [0.717, 1.165) is 6.21 Å². The molecule has 1 N–H and O–H groups in total. The van der Waals surface area contributed by atoms with Crippen molar-refractivity contribution in [2.75, 3.05) is 0 Å². The van der Waals surface area contributed by atoms with Crippen molar-refractivity contribution in [1.29, 1.82) is 5.41 Å². The Labute approximate surface area is 35.9 Å². The molecule has 0 atom stereocenters. The summed E-state index contributed by atoms with van der Waals surface area (Å²) < 4.78 is 0. The molecule has 0 aliphatic heterocycles. The van der Waals surface area contributed by atoms with E-state index in [1.807, 2.05) is 0 Å². The first-order valence-electron chi connectivity index (χ1n) is 1.40. The quantitative estimate of drug-likeness (QED) is 0.369. The van der Waals surface area contributed by atoms with Crippen LogP contribution in [-0.2, 0) is 0 Å². The van der Waals surface area contributed by atoms with Gasteiger partial charge >= 0.3 is 0 Å². The van der Waals surface area contributed by atoms with Gasteiger partial charge in [-0.1, -0.05) is 0 Å². The van der Waals surface area contributed by atoms with Crippen molar-refractivity contribution < 1.29 is 0 Å². The largest absolute Gasteiger partial charge is 0.307 e. The van der Waals surface area contributed by atoms with Crippen LogP contribution in [0.25, 0.3) is 0 Å². The molecular weight excluding hydrogens is 78.1 g/mol. The first kappa shape index (κ1) is 5.01. The highest BCUT2D eigenvalue weighted by atomic mass is 15.2. The van der Waals surface area contributed by atoms with E-state index in [9.17, 15) is 0 Å². The molecular formula is C3H5N3. The Morgan fingerprint density at radius 1 is 1.67 bits per heavy atom. The summed E-state index contributed by atoms with van der Waals surface area (Å²) >= 11 is 0. The summed E-state index contributed by atoms with van der Waals surface area (Å²) in [5, 5.41) is 12.7. The summed E-state index contributed by atoms with van der Waals surface area (Å²) in [6.07, 6.45) is 2.28. The molecule has 0 rings (SSSR count). The fourth-order valence-corrected chi connectivity index (χ4v) is 0.0805. The monoisotopic (exact) mass is 83.0 g/mol. The highest BCUT2D eigenvalue weighted by Gasteiger charge is 1.49. The summed E-state index contributed by atoms with van der Waals surface area (Å²) in [5.74, 6) is 0. The fraction of sp³-hybridized carbons (Fsp3) is 0. The second-order valence-electron chi connectivity index (χ2n) is 0.573. The molecule has 3 nitrogen and oxygen atoms in total. The lowest BCUT2D eigenvalue weighted by Crippen LogP contribution is -1.64. The zero-order valence-electron chi connectivity index (χ0n) is 3.26. The van der Waals surface area contributed by atoms with E-state index in [1.165, 1.54) is 6.21 Å². The summed E-state index contributed by atoms with van der Waals surface area (Å²) in [6.45, 7) is 3.05. The Bertz CT molecular complexity index is 64.1. The minimum atomic E-state index is 1.04. The van der Waals surface area contributed by atoms with Crippen molar-refractivity contribution >= 4 is 19.1 Å². The van der Waals surface area contributed by atoms with Crippen molar-refractivity contribution in [3.8, 4) is 0 Å². The van der Waals surface area contributed by atoms with Crippen LogP contribution in [0.4, 0.5) is 0 Å². The van der Waals surface area contributed by atoms with E-state index in [4.69, 9.17) is 5.41 Å². The Balaban J connectivity index is 3.17. The summed E-state index contributed by atoms with van der Waals surface area (Å²) in [7, 11) is 0. The second-order valence-corrected chi connectivity index (χ2v) is 0.573. The smallest absolute Gasteiger partial charge is 0.0671 e. The molecule has 0 radical (unpaired) electrons. The predicted octanol–water partition coefficient (Wildman–Crippen LogP) is 0.322. The van der Waals surface area contributed by atoms with Crippen LogP contribution in [0.15, 0.2) is 10.2 Å². The van der Waals surface area contributed by atoms with E-state index < -0.39 is 0 Å². The number of rotatable bonds is 2. The zero-order chi connectivity index (χ0) is 4.83. The van der Waals surface area contributed by atoms with Crippen molar-refractivity contribution in [3.63, 3.8) is 0 Å². The minimum absolute atomic E-state index is 1.04. The Morgan fingerprint density at radius 2 is 2.33 bits per heavy atom. The summed E-state index contributed by atoms with van der Waals surface area (Å²) in [6, 6.07) is 0. The van der Waals surface area contributed by atoms with Gasteiger partial charge in [-0.2, -0.15) is 10.2 Å². The maximum absolute atomic E-state index is 6.34. The van der Waals surface area contributed by atoms with Gasteiger partial charge in [0.2, 0.25) is 0 Å². The molecule has 6 heavy (non-hydrogen) atoms. The molecule has 3 heteroatoms. The van der Waals surface area contributed by atoms with Crippen molar-refractivity contribution in [2.45, 2.75) is 0 Å². The standard InChI is InChI=1S/C3H5N3/c1-5-6-3-2-4/h2-4H,1H2. The summed E-state index contributed by atoms with van der Waals surface area (Å²) in [4.78, 5) is 0. The molecule has 0 aliphatic rings. The highest BCUT2D eigenvalue weighted by molar-refractivity contribution is 6.14. The molecule has 0 saturated heterocycles. The van der Waals surface area contributed by atoms with Gasteiger partial charge in [-0.15, -0.1) is 0 Å². The lowest BCUT2D eigenvalue weighted by atomic mass is 10.8. The Kier molecular flexibility index (Phi) is 3.35. The second kappa shape index (κ2) is 4.01. The van der Waals surface area contributed by atoms with Gasteiger partial charge < -0.3 is 5.41 Å². The lowest BCUT2D eigenvalue weighted by Gasteiger charge is -1.61. The van der Waals surface area contributed by atoms with Gasteiger partial charge in [-0.05, 0) is 0 Å². The SMILES string of the molecule is C=NN=CC=N. The van der Waals surface area contributed by atoms with Gasteiger partial charge in [0.1, 0.15) is 0 Å². The third-order valence-corrected chi connectivity index (χ3v) is 0.223. The van der Waals surface area contributed by atoms with Crippen LogP contribution < -0.4 is 0 Å². The Morgan fingerprint density at radius 3 is 2.50 bits per heavy atom. The zero-order valence-corrected chi connectivity index (χ0v) is 3.26. The minimum Gasteiger partial charge on any atom is -0.307 e. The molecule has 0 amide bonds. The molecule has 0 bridgehead atoms. The normalized spacial score (nSPS) is 8.67. The van der Waals surface area contributed by atoms with Gasteiger partial charge in [-0.25, -0.2) is 0 Å². The average molecular weight is 83.1 g/mol. The maximum atomic E-state index is 6.34. The van der Waals surface area contributed by atoms with Gasteiger partial charge in [0, 0.05) is 12.9 Å². The van der Waals surface area contributed by atoms with Gasteiger partial charge in [0.25, 0.3) is 0 Å². The summed E-state index contributed by atoms with van der Waals surface area (Å²) in [5.41, 5.74) is 0. The van der Waals surface area contributed by atoms with Crippen LogP contribution in [-0.4, -0.2) is 19.1 Å². The van der Waals surface area contributed by atoms with E-state index in [1.54, 1.807) is 0 Å². The van der Waals surface area contributed by atoms with Crippen LogP contribution >= 0.6 is 0 Å². The maximum Gasteiger partial charge on any atom is 0.0671 e. The molecule has 0 aliphatic carbocycles. The molecule has 0 spiro atoms. The number of nitrogens with one attached hydrogen (secondary N) is 1. The van der Waals surface area contributed by atoms with Crippen LogP contribution in [0.1, 0.15) is 0 Å². The van der Waals surface area contributed by atoms with Gasteiger partial charge in [0.05, 0.1) is 6.21 Å². The van der Waals surface area contributed by atoms with E-state index in [0.29, 0.717) is 0 Å². The molecule has 0 unspecified atom stereocenters.